The Labute approximate surface area is 264 Å². The SMILES string of the molecule is CC(=O)c1cccc(CCC(=O)c2c(CCCOc3cc(C)c(Cl)c(C)c3)c3cccc(-c4c(C)nn(C)c4C)c3n2C)c1. The smallest absolute Gasteiger partial charge is 0.179 e. The van der Waals surface area contributed by atoms with Crippen molar-refractivity contribution in [3.05, 3.63) is 105 Å². The molecule has 0 spiro atoms. The van der Waals surface area contributed by atoms with Crippen molar-refractivity contribution in [1.82, 2.24) is 14.3 Å². The van der Waals surface area contributed by atoms with Crippen LogP contribution in [0, 0.1) is 27.7 Å². The second-order valence-corrected chi connectivity index (χ2v) is 12.1. The molecule has 2 heterocycles. The topological polar surface area (TPSA) is 66.1 Å². The number of carbonyl (C=O) groups is 2. The van der Waals surface area contributed by atoms with Crippen LogP contribution in [0.25, 0.3) is 22.0 Å². The van der Waals surface area contributed by atoms with Gasteiger partial charge in [-0.15, -0.1) is 0 Å². The molecule has 2 aromatic heterocycles. The van der Waals surface area contributed by atoms with Crippen molar-refractivity contribution in [2.24, 2.45) is 14.1 Å². The number of halogens is 1. The number of hydrogen-bond donors (Lipinski definition) is 0. The molecular formula is C37H40ClN3O3. The van der Waals surface area contributed by atoms with Gasteiger partial charge in [0.1, 0.15) is 5.75 Å². The van der Waals surface area contributed by atoms with Crippen molar-refractivity contribution in [3.8, 4) is 16.9 Å². The standard InChI is InChI=1S/C37H40ClN3O3/c1-22-19-29(20-23(2)35(22)38)44-18-10-15-31-30-13-9-14-32(34-24(3)39-41(7)25(34)4)36(30)40(6)37(31)33(43)17-16-27-11-8-12-28(21-27)26(5)42/h8-9,11-14,19-21H,10,15-18H2,1-7H3. The molecule has 0 saturated carbocycles. The molecule has 0 amide bonds. The van der Waals surface area contributed by atoms with Gasteiger partial charge in [0, 0.05) is 53.3 Å². The van der Waals surface area contributed by atoms with Crippen molar-refractivity contribution in [2.45, 2.75) is 60.3 Å². The Kier molecular flexibility index (Phi) is 9.12. The Morgan fingerprint density at radius 1 is 0.932 bits per heavy atom. The highest BCUT2D eigenvalue weighted by atomic mass is 35.5. The van der Waals surface area contributed by atoms with Gasteiger partial charge in [-0.3, -0.25) is 14.3 Å². The molecule has 0 aliphatic heterocycles. The van der Waals surface area contributed by atoms with Gasteiger partial charge < -0.3 is 9.30 Å². The van der Waals surface area contributed by atoms with E-state index in [4.69, 9.17) is 16.3 Å². The highest BCUT2D eigenvalue weighted by molar-refractivity contribution is 6.32. The molecule has 0 aliphatic carbocycles. The van der Waals surface area contributed by atoms with Gasteiger partial charge in [0.2, 0.25) is 0 Å². The van der Waals surface area contributed by atoms with E-state index in [0.717, 1.165) is 78.6 Å². The van der Waals surface area contributed by atoms with Gasteiger partial charge >= 0.3 is 0 Å². The number of aryl methyl sites for hydroxylation is 7. The van der Waals surface area contributed by atoms with E-state index in [0.29, 0.717) is 31.4 Å². The predicted molar refractivity (Wildman–Crippen MR) is 178 cm³/mol. The zero-order chi connectivity index (χ0) is 31.7. The fourth-order valence-corrected chi connectivity index (χ4v) is 6.42. The molecule has 0 bridgehead atoms. The van der Waals surface area contributed by atoms with E-state index >= 15 is 0 Å². The lowest BCUT2D eigenvalue weighted by molar-refractivity contribution is 0.0973. The third-order valence-corrected chi connectivity index (χ3v) is 9.18. The molecule has 3 aromatic carbocycles. The maximum absolute atomic E-state index is 14.0. The van der Waals surface area contributed by atoms with Crippen LogP contribution in [0.3, 0.4) is 0 Å². The maximum atomic E-state index is 14.0. The van der Waals surface area contributed by atoms with Crippen molar-refractivity contribution in [2.75, 3.05) is 6.61 Å². The first-order valence-electron chi connectivity index (χ1n) is 15.1. The fourth-order valence-electron chi connectivity index (χ4n) is 6.31. The number of ether oxygens (including phenoxy) is 1. The number of nitrogens with zero attached hydrogens (tertiary/aromatic N) is 3. The molecule has 6 nitrogen and oxygen atoms in total. The summed E-state index contributed by atoms with van der Waals surface area (Å²) in [7, 11) is 3.96. The van der Waals surface area contributed by atoms with Gasteiger partial charge in [0.05, 0.1) is 23.5 Å². The average molecular weight is 610 g/mol. The number of benzene rings is 3. The van der Waals surface area contributed by atoms with Gasteiger partial charge in [0.25, 0.3) is 0 Å². The van der Waals surface area contributed by atoms with Gasteiger partial charge in [0.15, 0.2) is 11.6 Å². The summed E-state index contributed by atoms with van der Waals surface area (Å²) in [6.07, 6.45) is 2.35. The molecule has 5 aromatic rings. The van der Waals surface area contributed by atoms with Gasteiger partial charge in [-0.2, -0.15) is 5.10 Å². The van der Waals surface area contributed by atoms with Crippen LogP contribution in [0.1, 0.15) is 74.3 Å². The highest BCUT2D eigenvalue weighted by Gasteiger charge is 2.24. The molecule has 7 heteroatoms. The Hall–Kier alpha value is -4.16. The minimum absolute atomic E-state index is 0.0220. The van der Waals surface area contributed by atoms with Crippen LogP contribution in [-0.4, -0.2) is 32.5 Å². The molecule has 5 rings (SSSR count). The first kappa shape index (κ1) is 31.3. The van der Waals surface area contributed by atoms with Crippen LogP contribution in [0.4, 0.5) is 0 Å². The molecule has 44 heavy (non-hydrogen) atoms. The van der Waals surface area contributed by atoms with E-state index in [1.807, 2.05) is 75.9 Å². The summed E-state index contributed by atoms with van der Waals surface area (Å²) in [6.45, 7) is 10.2. The van der Waals surface area contributed by atoms with Crippen LogP contribution in [0.15, 0.2) is 54.6 Å². The van der Waals surface area contributed by atoms with E-state index in [2.05, 4.69) is 34.8 Å². The normalized spacial score (nSPS) is 11.4. The monoisotopic (exact) mass is 609 g/mol. The van der Waals surface area contributed by atoms with Gasteiger partial charge in [-0.1, -0.05) is 48.0 Å². The third-order valence-electron chi connectivity index (χ3n) is 8.58. The van der Waals surface area contributed by atoms with Crippen LogP contribution < -0.4 is 4.74 Å². The molecule has 0 saturated heterocycles. The third kappa shape index (κ3) is 6.09. The fraction of sp³-hybridized carbons (Fsp3) is 0.324. The second kappa shape index (κ2) is 12.8. The summed E-state index contributed by atoms with van der Waals surface area (Å²) >= 11 is 6.35. The van der Waals surface area contributed by atoms with E-state index in [1.165, 1.54) is 0 Å². The second-order valence-electron chi connectivity index (χ2n) is 11.8. The predicted octanol–water partition coefficient (Wildman–Crippen LogP) is 8.50. The van der Waals surface area contributed by atoms with Crippen LogP contribution in [0.5, 0.6) is 5.75 Å². The molecule has 0 radical (unpaired) electrons. The van der Waals surface area contributed by atoms with Crippen molar-refractivity contribution >= 4 is 34.1 Å². The number of carbonyl (C=O) groups excluding carboxylic acids is 2. The van der Waals surface area contributed by atoms with Gasteiger partial charge in [-0.25, -0.2) is 0 Å². The first-order chi connectivity index (χ1) is 21.0. The van der Waals surface area contributed by atoms with E-state index in [9.17, 15) is 9.59 Å². The number of para-hydroxylation sites is 1. The number of rotatable bonds is 11. The lowest BCUT2D eigenvalue weighted by atomic mass is 9.97. The van der Waals surface area contributed by atoms with Crippen molar-refractivity contribution in [1.29, 1.82) is 0 Å². The zero-order valence-electron chi connectivity index (χ0n) is 26.7. The zero-order valence-corrected chi connectivity index (χ0v) is 27.4. The molecule has 0 fully saturated rings. The molecule has 0 unspecified atom stereocenters. The summed E-state index contributed by atoms with van der Waals surface area (Å²) in [5, 5.41) is 6.51. The summed E-state index contributed by atoms with van der Waals surface area (Å²) in [5.74, 6) is 0.910. The number of aromatic nitrogens is 3. The van der Waals surface area contributed by atoms with E-state index in [1.54, 1.807) is 6.92 Å². The number of fused-ring (bicyclic) bond motifs is 1. The minimum Gasteiger partial charge on any atom is -0.494 e. The molecule has 0 aliphatic rings. The molecule has 0 atom stereocenters. The highest BCUT2D eigenvalue weighted by Crippen LogP contribution is 2.37. The lowest BCUT2D eigenvalue weighted by Gasteiger charge is -2.11. The molecule has 228 valence electrons. The average Bonchev–Trinajstić information content (AvgIpc) is 3.42. The van der Waals surface area contributed by atoms with E-state index < -0.39 is 0 Å². The largest absolute Gasteiger partial charge is 0.494 e. The Morgan fingerprint density at radius 2 is 1.64 bits per heavy atom. The maximum Gasteiger partial charge on any atom is 0.179 e. The first-order valence-corrected chi connectivity index (χ1v) is 15.5. The van der Waals surface area contributed by atoms with Gasteiger partial charge in [-0.05, 0) is 94.3 Å². The van der Waals surface area contributed by atoms with Crippen LogP contribution >= 0.6 is 11.6 Å². The summed E-state index contributed by atoms with van der Waals surface area (Å²) in [4.78, 5) is 26.0. The Balaban J connectivity index is 1.49. The Morgan fingerprint density at radius 3 is 2.30 bits per heavy atom. The molecule has 0 N–H and O–H groups in total. The molecular weight excluding hydrogens is 570 g/mol. The summed E-state index contributed by atoms with van der Waals surface area (Å²) in [5.41, 5.74) is 10.6. The summed E-state index contributed by atoms with van der Waals surface area (Å²) < 4.78 is 10.1. The van der Waals surface area contributed by atoms with Crippen molar-refractivity contribution in [3.63, 3.8) is 0 Å². The summed E-state index contributed by atoms with van der Waals surface area (Å²) in [6, 6.07) is 17.8. The van der Waals surface area contributed by atoms with Crippen molar-refractivity contribution < 1.29 is 14.3 Å². The van der Waals surface area contributed by atoms with E-state index in [-0.39, 0.29) is 11.6 Å². The lowest BCUT2D eigenvalue weighted by Crippen LogP contribution is -2.11. The Bertz CT molecular complexity index is 1870. The minimum atomic E-state index is 0.0220. The quantitative estimate of drug-likeness (QED) is 0.111. The number of Topliss-reactive ketones (excluding diaryl/α,β-unsaturated/α-hetero) is 2. The van der Waals surface area contributed by atoms with Crippen LogP contribution in [0.2, 0.25) is 5.02 Å². The number of ketones is 2. The number of hydrogen-bond acceptors (Lipinski definition) is 4. The van der Waals surface area contributed by atoms with Crippen LogP contribution in [-0.2, 0) is 26.9 Å².